The number of carbonyl (C=O) groups is 1. The zero-order valence-corrected chi connectivity index (χ0v) is 15.4. The first kappa shape index (κ1) is 19.3. The highest BCUT2D eigenvalue weighted by Gasteiger charge is 2.15. The molecule has 0 aliphatic carbocycles. The van der Waals surface area contributed by atoms with Gasteiger partial charge in [-0.3, -0.25) is 4.79 Å². The van der Waals surface area contributed by atoms with Gasteiger partial charge in [-0.2, -0.15) is 0 Å². The van der Waals surface area contributed by atoms with Gasteiger partial charge in [0.05, 0.1) is 5.56 Å². The van der Waals surface area contributed by atoms with Crippen molar-refractivity contribution in [3.63, 3.8) is 0 Å². The van der Waals surface area contributed by atoms with Gasteiger partial charge in [0.1, 0.15) is 29.0 Å². The number of halogens is 2. The van der Waals surface area contributed by atoms with Crippen molar-refractivity contribution in [2.45, 2.75) is 13.5 Å². The molecule has 5 nitrogen and oxygen atoms in total. The summed E-state index contributed by atoms with van der Waals surface area (Å²) in [6.07, 6.45) is 1.56. The number of nitrogens with two attached hydrogens (primary N) is 1. The van der Waals surface area contributed by atoms with E-state index in [2.05, 4.69) is 4.98 Å². The average Bonchev–Trinajstić information content (AvgIpc) is 2.62. The van der Waals surface area contributed by atoms with E-state index in [-0.39, 0.29) is 12.1 Å². The fourth-order valence-corrected chi connectivity index (χ4v) is 2.93. The normalized spacial score (nSPS) is 10.6. The van der Waals surface area contributed by atoms with Crippen molar-refractivity contribution in [3.05, 3.63) is 83.1 Å². The van der Waals surface area contributed by atoms with Crippen LogP contribution in [0.15, 0.2) is 54.7 Å². The number of benzene rings is 2. The molecule has 0 saturated carbocycles. The predicted molar refractivity (Wildman–Crippen MR) is 102 cm³/mol. The average molecular weight is 383 g/mol. The van der Waals surface area contributed by atoms with Crippen molar-refractivity contribution in [2.24, 2.45) is 5.73 Å². The molecular formula is C21H19F2N3O2. The minimum atomic E-state index is -0.631. The Bertz CT molecular complexity index is 1000. The lowest BCUT2D eigenvalue weighted by molar-refractivity contribution is 0.0998. The van der Waals surface area contributed by atoms with E-state index >= 15 is 0 Å². The maximum Gasteiger partial charge on any atom is 0.252 e. The monoisotopic (exact) mass is 383 g/mol. The summed E-state index contributed by atoms with van der Waals surface area (Å²) < 4.78 is 32.8. The zero-order valence-electron chi connectivity index (χ0n) is 15.4. The molecule has 1 amide bonds. The first-order valence-electron chi connectivity index (χ1n) is 8.53. The van der Waals surface area contributed by atoms with Gasteiger partial charge in [-0.1, -0.05) is 12.1 Å². The number of aromatic nitrogens is 1. The van der Waals surface area contributed by atoms with Crippen LogP contribution < -0.4 is 15.4 Å². The third-order valence-corrected chi connectivity index (χ3v) is 4.20. The molecule has 1 aromatic heterocycles. The van der Waals surface area contributed by atoms with Gasteiger partial charge in [0.15, 0.2) is 0 Å². The van der Waals surface area contributed by atoms with Crippen molar-refractivity contribution in [1.29, 1.82) is 0 Å². The van der Waals surface area contributed by atoms with E-state index < -0.39 is 17.5 Å². The largest absolute Gasteiger partial charge is 0.456 e. The number of primary amides is 1. The van der Waals surface area contributed by atoms with Crippen LogP contribution in [0.4, 0.5) is 14.6 Å². The highest BCUT2D eigenvalue weighted by atomic mass is 19.1. The summed E-state index contributed by atoms with van der Waals surface area (Å²) in [5.41, 5.74) is 6.85. The van der Waals surface area contributed by atoms with Crippen LogP contribution in [-0.4, -0.2) is 17.9 Å². The maximum absolute atomic E-state index is 13.4. The summed E-state index contributed by atoms with van der Waals surface area (Å²) in [6, 6.07) is 11.7. The predicted octanol–water partition coefficient (Wildman–Crippen LogP) is 4.20. The molecule has 7 heteroatoms. The first-order chi connectivity index (χ1) is 13.3. The highest BCUT2D eigenvalue weighted by Crippen LogP contribution is 2.32. The minimum Gasteiger partial charge on any atom is -0.456 e. The molecule has 3 aromatic rings. The number of hydrogen-bond donors (Lipinski definition) is 1. The van der Waals surface area contributed by atoms with Gasteiger partial charge in [-0.15, -0.1) is 0 Å². The number of pyridine rings is 1. The molecule has 0 saturated heterocycles. The summed E-state index contributed by atoms with van der Waals surface area (Å²) in [4.78, 5) is 17.7. The molecule has 0 aliphatic rings. The van der Waals surface area contributed by atoms with Crippen LogP contribution in [-0.2, 0) is 6.54 Å². The summed E-state index contributed by atoms with van der Waals surface area (Å²) in [5.74, 6) is -0.436. The van der Waals surface area contributed by atoms with Crippen LogP contribution >= 0.6 is 0 Å². The number of nitrogens with zero attached hydrogens (tertiary/aromatic N) is 2. The molecule has 0 aliphatic heterocycles. The van der Waals surface area contributed by atoms with E-state index in [9.17, 15) is 13.6 Å². The molecule has 0 fully saturated rings. The molecule has 0 radical (unpaired) electrons. The smallest absolute Gasteiger partial charge is 0.252 e. The van der Waals surface area contributed by atoms with E-state index in [1.165, 1.54) is 12.1 Å². The van der Waals surface area contributed by atoms with Crippen LogP contribution in [0.2, 0.25) is 0 Å². The molecular weight excluding hydrogens is 364 g/mol. The first-order valence-corrected chi connectivity index (χ1v) is 8.53. The lowest BCUT2D eigenvalue weighted by atomic mass is 10.1. The molecule has 28 heavy (non-hydrogen) atoms. The van der Waals surface area contributed by atoms with Crippen molar-refractivity contribution < 1.29 is 18.3 Å². The van der Waals surface area contributed by atoms with Gasteiger partial charge < -0.3 is 15.4 Å². The van der Waals surface area contributed by atoms with Crippen LogP contribution in [0.1, 0.15) is 21.5 Å². The number of hydrogen-bond acceptors (Lipinski definition) is 4. The molecule has 2 N–H and O–H groups in total. The van der Waals surface area contributed by atoms with E-state index in [4.69, 9.17) is 10.5 Å². The fourth-order valence-electron chi connectivity index (χ4n) is 2.93. The number of amides is 1. The number of para-hydroxylation sites is 1. The van der Waals surface area contributed by atoms with Gasteiger partial charge >= 0.3 is 0 Å². The van der Waals surface area contributed by atoms with Gasteiger partial charge in [0.25, 0.3) is 5.91 Å². The van der Waals surface area contributed by atoms with Crippen molar-refractivity contribution in [2.75, 3.05) is 11.9 Å². The number of ether oxygens (including phenoxy) is 1. The van der Waals surface area contributed by atoms with Crippen molar-refractivity contribution in [1.82, 2.24) is 4.98 Å². The molecule has 0 unspecified atom stereocenters. The number of carbonyl (C=O) groups excluding carboxylic acids is 1. The maximum atomic E-state index is 13.4. The Hall–Kier alpha value is -3.48. The number of rotatable bonds is 6. The molecule has 3 rings (SSSR count). The summed E-state index contributed by atoms with van der Waals surface area (Å²) in [7, 11) is 1.76. The van der Waals surface area contributed by atoms with E-state index in [1.54, 1.807) is 48.5 Å². The lowest BCUT2D eigenvalue weighted by Crippen LogP contribution is -2.19. The molecule has 144 valence electrons. The third kappa shape index (κ3) is 4.25. The fraction of sp³-hybridized carbons (Fsp3) is 0.143. The second-order valence-electron chi connectivity index (χ2n) is 6.35. The Morgan fingerprint density at radius 2 is 1.79 bits per heavy atom. The van der Waals surface area contributed by atoms with E-state index in [0.29, 0.717) is 28.4 Å². The molecule has 0 atom stereocenters. The second kappa shape index (κ2) is 8.04. The Morgan fingerprint density at radius 1 is 1.11 bits per heavy atom. The van der Waals surface area contributed by atoms with Gasteiger partial charge in [0.2, 0.25) is 0 Å². The third-order valence-electron chi connectivity index (χ3n) is 4.20. The second-order valence-corrected chi connectivity index (χ2v) is 6.35. The SMILES string of the molecule is Cc1c(Oc2ccccc2C(N)=O)ccnc1N(C)Cc1cc(F)cc(F)c1. The molecule has 0 bridgehead atoms. The minimum absolute atomic E-state index is 0.254. The summed E-state index contributed by atoms with van der Waals surface area (Å²) >= 11 is 0. The van der Waals surface area contributed by atoms with Crippen molar-refractivity contribution >= 4 is 11.7 Å². The van der Waals surface area contributed by atoms with Crippen LogP contribution in [0.25, 0.3) is 0 Å². The molecule has 2 aromatic carbocycles. The Kier molecular flexibility index (Phi) is 5.54. The lowest BCUT2D eigenvalue weighted by Gasteiger charge is -2.22. The number of anilines is 1. The van der Waals surface area contributed by atoms with Crippen molar-refractivity contribution in [3.8, 4) is 11.5 Å². The van der Waals surface area contributed by atoms with Crippen LogP contribution in [0.3, 0.4) is 0 Å². The molecule has 0 spiro atoms. The topological polar surface area (TPSA) is 68.5 Å². The Labute approximate surface area is 161 Å². The van der Waals surface area contributed by atoms with Crippen LogP contribution in [0.5, 0.6) is 11.5 Å². The zero-order chi connectivity index (χ0) is 20.3. The van der Waals surface area contributed by atoms with Gasteiger partial charge in [-0.25, -0.2) is 13.8 Å². The van der Waals surface area contributed by atoms with Gasteiger partial charge in [0, 0.05) is 31.4 Å². The standard InChI is InChI=1S/C21H19F2N3O2/c1-13-18(28-19-6-4-3-5-17(19)20(24)27)7-8-25-21(13)26(2)12-14-9-15(22)11-16(23)10-14/h3-11H,12H2,1-2H3,(H2,24,27). The Balaban J connectivity index is 1.88. The van der Waals surface area contributed by atoms with Crippen LogP contribution in [0, 0.1) is 18.6 Å². The molecule has 1 heterocycles. The summed E-state index contributed by atoms with van der Waals surface area (Å²) in [5, 5.41) is 0. The van der Waals surface area contributed by atoms with E-state index in [1.807, 2.05) is 6.92 Å². The summed E-state index contributed by atoms with van der Waals surface area (Å²) in [6.45, 7) is 2.07. The van der Waals surface area contributed by atoms with Gasteiger partial charge in [-0.05, 0) is 42.8 Å². The van der Waals surface area contributed by atoms with E-state index in [0.717, 1.165) is 6.07 Å². The Morgan fingerprint density at radius 3 is 2.46 bits per heavy atom. The highest BCUT2D eigenvalue weighted by molar-refractivity contribution is 5.95. The quantitative estimate of drug-likeness (QED) is 0.693.